The summed E-state index contributed by atoms with van der Waals surface area (Å²) in [5, 5.41) is 8.61. The maximum absolute atomic E-state index is 10.5. The molecule has 21 heavy (non-hydrogen) atoms. The molecule has 1 N–H and O–H groups in total. The molecule has 2 heterocycles. The van der Waals surface area contributed by atoms with Gasteiger partial charge >= 0.3 is 5.97 Å². The van der Waals surface area contributed by atoms with Crippen molar-refractivity contribution in [3.05, 3.63) is 53.9 Å². The lowest BCUT2D eigenvalue weighted by Gasteiger charge is -2.22. The van der Waals surface area contributed by atoms with E-state index in [9.17, 15) is 4.79 Å². The Kier molecular flexibility index (Phi) is 3.39. The number of nitrogens with zero attached hydrogens (tertiary/aromatic N) is 3. The number of rotatable bonds is 3. The maximum Gasteiger partial charge on any atom is 0.328 e. The number of hydrogen-bond donors (Lipinski definition) is 1. The van der Waals surface area contributed by atoms with Gasteiger partial charge in [0.05, 0.1) is 0 Å². The van der Waals surface area contributed by atoms with E-state index < -0.39 is 5.97 Å². The van der Waals surface area contributed by atoms with Crippen molar-refractivity contribution in [3.63, 3.8) is 0 Å². The van der Waals surface area contributed by atoms with E-state index in [0.717, 1.165) is 18.2 Å². The molecule has 5 nitrogen and oxygen atoms in total. The fourth-order valence-electron chi connectivity index (χ4n) is 2.58. The highest BCUT2D eigenvalue weighted by Gasteiger charge is 2.28. The van der Waals surface area contributed by atoms with E-state index in [1.54, 1.807) is 12.4 Å². The van der Waals surface area contributed by atoms with Crippen molar-refractivity contribution in [2.45, 2.75) is 19.4 Å². The predicted molar refractivity (Wildman–Crippen MR) is 80.4 cm³/mol. The van der Waals surface area contributed by atoms with Crippen LogP contribution in [-0.4, -0.2) is 27.1 Å². The summed E-state index contributed by atoms with van der Waals surface area (Å²) in [6.45, 7) is 2.14. The van der Waals surface area contributed by atoms with Crippen LogP contribution in [0.2, 0.25) is 0 Å². The van der Waals surface area contributed by atoms with Gasteiger partial charge in [-0.3, -0.25) is 0 Å². The molecule has 0 amide bonds. The van der Waals surface area contributed by atoms with E-state index >= 15 is 0 Å². The summed E-state index contributed by atoms with van der Waals surface area (Å²) in [5.41, 5.74) is 3.10. The van der Waals surface area contributed by atoms with E-state index in [-0.39, 0.29) is 0 Å². The molecule has 0 fully saturated rings. The fraction of sp³-hybridized carbons (Fsp3) is 0.188. The Morgan fingerprint density at radius 1 is 1.33 bits per heavy atom. The van der Waals surface area contributed by atoms with Crippen LogP contribution >= 0.6 is 0 Å². The van der Waals surface area contributed by atoms with E-state index in [4.69, 9.17) is 5.11 Å². The van der Waals surface area contributed by atoms with E-state index in [1.807, 2.05) is 12.1 Å². The summed E-state index contributed by atoms with van der Waals surface area (Å²) in [5.74, 6) is -0.346. The van der Waals surface area contributed by atoms with E-state index in [0.29, 0.717) is 17.6 Å². The van der Waals surface area contributed by atoms with Crippen LogP contribution in [-0.2, 0) is 11.2 Å². The molecule has 2 aromatic rings. The largest absolute Gasteiger partial charge is 0.478 e. The number of benzene rings is 1. The van der Waals surface area contributed by atoms with Gasteiger partial charge in [0.15, 0.2) is 0 Å². The normalized spacial score (nSPS) is 17.2. The number of carboxylic acid groups (broad SMARTS) is 1. The number of aromatic nitrogens is 2. The van der Waals surface area contributed by atoms with Gasteiger partial charge in [0.2, 0.25) is 5.95 Å². The van der Waals surface area contributed by atoms with Gasteiger partial charge in [-0.1, -0.05) is 18.2 Å². The molecule has 1 aliphatic heterocycles. The van der Waals surface area contributed by atoms with Crippen LogP contribution in [0.25, 0.3) is 6.08 Å². The van der Waals surface area contributed by atoms with Crippen LogP contribution in [0.15, 0.2) is 42.7 Å². The van der Waals surface area contributed by atoms with Gasteiger partial charge in [-0.15, -0.1) is 0 Å². The highest BCUT2D eigenvalue weighted by Crippen LogP contribution is 2.36. The zero-order chi connectivity index (χ0) is 14.8. The van der Waals surface area contributed by atoms with E-state index in [1.165, 1.54) is 11.6 Å². The Bertz CT molecular complexity index is 695. The van der Waals surface area contributed by atoms with Gasteiger partial charge in [-0.2, -0.15) is 0 Å². The Labute approximate surface area is 122 Å². The molecule has 0 saturated heterocycles. The molecule has 1 aromatic heterocycles. The number of anilines is 2. The van der Waals surface area contributed by atoms with Crippen LogP contribution < -0.4 is 4.90 Å². The average Bonchev–Trinajstić information content (AvgIpc) is 2.81. The van der Waals surface area contributed by atoms with Gasteiger partial charge in [0.1, 0.15) is 0 Å². The minimum absolute atomic E-state index is 0.308. The second-order valence-electron chi connectivity index (χ2n) is 5.04. The van der Waals surface area contributed by atoms with Crippen LogP contribution in [0.3, 0.4) is 0 Å². The molecule has 0 spiro atoms. The standard InChI is InChI=1S/C16H15N3O2/c1-11-8-13-4-2-3-5-14(13)19(11)16-17-9-12(10-18-16)6-7-15(20)21/h2-7,9-11H,8H2,1H3,(H,20,21)/b7-6+. The molecule has 106 valence electrons. The average molecular weight is 281 g/mol. The SMILES string of the molecule is CC1Cc2ccccc2N1c1ncc(/C=C/C(=O)O)cn1. The van der Waals surface area contributed by atoms with Crippen molar-refractivity contribution in [1.82, 2.24) is 9.97 Å². The van der Waals surface area contributed by atoms with Crippen LogP contribution in [0, 0.1) is 0 Å². The number of aliphatic carboxylic acids is 1. The van der Waals surface area contributed by atoms with Crippen molar-refractivity contribution in [1.29, 1.82) is 0 Å². The lowest BCUT2D eigenvalue weighted by atomic mass is 10.1. The second-order valence-corrected chi connectivity index (χ2v) is 5.04. The summed E-state index contributed by atoms with van der Waals surface area (Å²) >= 11 is 0. The lowest BCUT2D eigenvalue weighted by Crippen LogP contribution is -2.25. The molecule has 1 aliphatic rings. The summed E-state index contributed by atoms with van der Waals surface area (Å²) in [7, 11) is 0. The number of hydrogen-bond acceptors (Lipinski definition) is 4. The summed E-state index contributed by atoms with van der Waals surface area (Å²) < 4.78 is 0. The zero-order valence-corrected chi connectivity index (χ0v) is 11.6. The number of carboxylic acids is 1. The quantitative estimate of drug-likeness (QED) is 0.876. The Morgan fingerprint density at radius 3 is 2.76 bits per heavy atom. The first-order valence-electron chi connectivity index (χ1n) is 6.75. The monoisotopic (exact) mass is 281 g/mol. The third-order valence-electron chi connectivity index (χ3n) is 3.50. The highest BCUT2D eigenvalue weighted by atomic mass is 16.4. The Balaban J connectivity index is 1.89. The summed E-state index contributed by atoms with van der Waals surface area (Å²) in [6.07, 6.45) is 6.80. The molecule has 3 rings (SSSR count). The van der Waals surface area contributed by atoms with Gasteiger partial charge in [-0.05, 0) is 31.1 Å². The minimum atomic E-state index is -0.985. The van der Waals surface area contributed by atoms with Crippen molar-refractivity contribution < 1.29 is 9.90 Å². The predicted octanol–water partition coefficient (Wildman–Crippen LogP) is 2.66. The first-order chi connectivity index (χ1) is 10.1. The third-order valence-corrected chi connectivity index (χ3v) is 3.50. The lowest BCUT2D eigenvalue weighted by molar-refractivity contribution is -0.131. The van der Waals surface area contributed by atoms with Gasteiger partial charge in [0.25, 0.3) is 0 Å². The van der Waals surface area contributed by atoms with Gasteiger partial charge in [-0.25, -0.2) is 14.8 Å². The molecule has 1 atom stereocenters. The van der Waals surface area contributed by atoms with Crippen molar-refractivity contribution in [2.24, 2.45) is 0 Å². The van der Waals surface area contributed by atoms with Gasteiger partial charge < -0.3 is 10.0 Å². The molecule has 0 radical (unpaired) electrons. The second kappa shape index (κ2) is 5.36. The minimum Gasteiger partial charge on any atom is -0.478 e. The van der Waals surface area contributed by atoms with Crippen LogP contribution in [0.4, 0.5) is 11.6 Å². The van der Waals surface area contributed by atoms with Gasteiger partial charge in [0, 0.05) is 35.8 Å². The van der Waals surface area contributed by atoms with Crippen molar-refractivity contribution >= 4 is 23.7 Å². The number of para-hydroxylation sites is 1. The fourth-order valence-corrected chi connectivity index (χ4v) is 2.58. The molecule has 0 aliphatic carbocycles. The maximum atomic E-state index is 10.5. The van der Waals surface area contributed by atoms with Crippen molar-refractivity contribution in [3.8, 4) is 0 Å². The summed E-state index contributed by atoms with van der Waals surface area (Å²) in [6, 6.07) is 8.54. The first-order valence-corrected chi connectivity index (χ1v) is 6.75. The molecule has 0 bridgehead atoms. The topological polar surface area (TPSA) is 66.3 Å². The Hall–Kier alpha value is -2.69. The Morgan fingerprint density at radius 2 is 2.05 bits per heavy atom. The summed E-state index contributed by atoms with van der Waals surface area (Å²) in [4.78, 5) is 21.3. The zero-order valence-electron chi connectivity index (χ0n) is 11.6. The molecule has 5 heteroatoms. The molecular weight excluding hydrogens is 266 g/mol. The molecule has 1 aromatic carbocycles. The van der Waals surface area contributed by atoms with Crippen LogP contribution in [0.1, 0.15) is 18.1 Å². The molecule has 0 saturated carbocycles. The molecule has 1 unspecified atom stereocenters. The van der Waals surface area contributed by atoms with Crippen LogP contribution in [0.5, 0.6) is 0 Å². The van der Waals surface area contributed by atoms with E-state index in [2.05, 4.69) is 33.9 Å². The smallest absolute Gasteiger partial charge is 0.328 e. The number of carbonyl (C=O) groups is 1. The first kappa shape index (κ1) is 13.3. The number of fused-ring (bicyclic) bond motifs is 1. The third kappa shape index (κ3) is 2.63. The highest BCUT2D eigenvalue weighted by molar-refractivity contribution is 5.85. The molecular formula is C16H15N3O2. The van der Waals surface area contributed by atoms with Crippen molar-refractivity contribution in [2.75, 3.05) is 4.90 Å².